The fourth-order valence-corrected chi connectivity index (χ4v) is 2.36. The molecule has 1 N–H and O–H groups in total. The van der Waals surface area contributed by atoms with E-state index in [4.69, 9.17) is 4.42 Å². The molecule has 0 aliphatic carbocycles. The number of likely N-dealkylation sites (N-methyl/N-ethyl adjacent to an activating group) is 1. The fraction of sp³-hybridized carbons (Fsp3) is 0.333. The summed E-state index contributed by atoms with van der Waals surface area (Å²) in [6.45, 7) is 2.25. The summed E-state index contributed by atoms with van der Waals surface area (Å²) in [5, 5.41) is 2.81. The topological polar surface area (TPSA) is 62.6 Å². The van der Waals surface area contributed by atoms with Crippen molar-refractivity contribution < 1.29 is 14.0 Å². The predicted octanol–water partition coefficient (Wildman–Crippen LogP) is 2.03. The molecule has 5 nitrogen and oxygen atoms in total. The Hall–Kier alpha value is -2.40. The number of nitrogens with zero attached hydrogens (tertiary/aromatic N) is 1. The van der Waals surface area contributed by atoms with Gasteiger partial charge in [0.05, 0.1) is 25.4 Å². The molecule has 23 heavy (non-hydrogen) atoms. The molecular weight excluding hydrogens is 292 g/mol. The lowest BCUT2D eigenvalue weighted by Gasteiger charge is -2.19. The molecule has 1 heterocycles. The Morgan fingerprint density at radius 2 is 1.91 bits per heavy atom. The number of benzene rings is 1. The minimum Gasteiger partial charge on any atom is -0.468 e. The van der Waals surface area contributed by atoms with Gasteiger partial charge in [-0.15, -0.1) is 0 Å². The summed E-state index contributed by atoms with van der Waals surface area (Å²) < 4.78 is 5.26. The lowest BCUT2D eigenvalue weighted by Crippen LogP contribution is -2.45. The Balaban J connectivity index is 1.86. The van der Waals surface area contributed by atoms with Gasteiger partial charge < -0.3 is 9.73 Å². The average Bonchev–Trinajstić information content (AvgIpc) is 3.00. The number of hydrogen-bond donors (Lipinski definition) is 1. The lowest BCUT2D eigenvalue weighted by atomic mass is 10.0. The summed E-state index contributed by atoms with van der Waals surface area (Å²) in [6, 6.07) is 12.8. The van der Waals surface area contributed by atoms with Crippen LogP contribution < -0.4 is 5.32 Å². The lowest BCUT2D eigenvalue weighted by molar-refractivity contribution is -0.127. The van der Waals surface area contributed by atoms with Crippen LogP contribution in [-0.4, -0.2) is 36.2 Å². The summed E-state index contributed by atoms with van der Waals surface area (Å²) in [5.74, 6) is 0.582. The van der Waals surface area contributed by atoms with Crippen molar-refractivity contribution in [1.29, 1.82) is 0 Å². The van der Waals surface area contributed by atoms with Gasteiger partial charge in [-0.2, -0.15) is 0 Å². The number of ketones is 1. The highest BCUT2D eigenvalue weighted by atomic mass is 16.3. The highest BCUT2D eigenvalue weighted by Crippen LogP contribution is 2.05. The van der Waals surface area contributed by atoms with E-state index in [9.17, 15) is 9.59 Å². The molecule has 0 aliphatic heterocycles. The zero-order valence-electron chi connectivity index (χ0n) is 13.5. The zero-order valence-corrected chi connectivity index (χ0v) is 13.5. The Morgan fingerprint density at radius 1 is 1.17 bits per heavy atom. The van der Waals surface area contributed by atoms with E-state index in [0.717, 1.165) is 11.3 Å². The third kappa shape index (κ3) is 5.71. The maximum absolute atomic E-state index is 12.2. The summed E-state index contributed by atoms with van der Waals surface area (Å²) in [6.07, 6.45) is 2.11. The van der Waals surface area contributed by atoms with E-state index >= 15 is 0 Å². The second-order valence-corrected chi connectivity index (χ2v) is 5.67. The van der Waals surface area contributed by atoms with E-state index < -0.39 is 6.04 Å². The molecule has 1 aromatic heterocycles. The molecule has 0 radical (unpaired) electrons. The normalized spacial score (nSPS) is 12.1. The van der Waals surface area contributed by atoms with Gasteiger partial charge in [0.15, 0.2) is 5.78 Å². The highest BCUT2D eigenvalue weighted by molar-refractivity contribution is 5.88. The van der Waals surface area contributed by atoms with Gasteiger partial charge in [0.2, 0.25) is 5.91 Å². The quantitative estimate of drug-likeness (QED) is 0.810. The number of Topliss-reactive ketones (excluding diaryl/α,β-unsaturated/α-hetero) is 1. The second-order valence-electron chi connectivity index (χ2n) is 5.67. The minimum absolute atomic E-state index is 0.0455. The molecule has 1 amide bonds. The zero-order chi connectivity index (χ0) is 16.7. The third-order valence-electron chi connectivity index (χ3n) is 3.53. The molecule has 122 valence electrons. The van der Waals surface area contributed by atoms with Crippen LogP contribution in [0.15, 0.2) is 53.1 Å². The molecule has 0 spiro atoms. The van der Waals surface area contributed by atoms with Gasteiger partial charge in [-0.1, -0.05) is 30.3 Å². The van der Waals surface area contributed by atoms with Crippen molar-refractivity contribution in [2.45, 2.75) is 25.9 Å². The van der Waals surface area contributed by atoms with Gasteiger partial charge in [0, 0.05) is 0 Å². The Morgan fingerprint density at radius 3 is 2.52 bits per heavy atom. The number of rotatable bonds is 8. The van der Waals surface area contributed by atoms with Crippen LogP contribution in [-0.2, 0) is 22.6 Å². The molecule has 0 saturated heterocycles. The maximum Gasteiger partial charge on any atom is 0.234 e. The smallest absolute Gasteiger partial charge is 0.234 e. The summed E-state index contributed by atoms with van der Waals surface area (Å²) in [4.78, 5) is 25.8. The van der Waals surface area contributed by atoms with Crippen LogP contribution in [0, 0.1) is 0 Å². The molecule has 5 heteroatoms. The van der Waals surface area contributed by atoms with Crippen LogP contribution in [0.2, 0.25) is 0 Å². The average molecular weight is 314 g/mol. The van der Waals surface area contributed by atoms with Crippen LogP contribution in [0.25, 0.3) is 0 Å². The fourth-order valence-electron chi connectivity index (χ4n) is 2.36. The molecule has 0 fully saturated rings. The summed E-state index contributed by atoms with van der Waals surface area (Å²) in [7, 11) is 1.84. The third-order valence-corrected chi connectivity index (χ3v) is 3.53. The first kappa shape index (κ1) is 17.0. The van der Waals surface area contributed by atoms with Crippen molar-refractivity contribution in [3.05, 3.63) is 60.1 Å². The summed E-state index contributed by atoms with van der Waals surface area (Å²) in [5.41, 5.74) is 1.02. The van der Waals surface area contributed by atoms with Crippen LogP contribution in [0.3, 0.4) is 0 Å². The Labute approximate surface area is 136 Å². The number of furan rings is 1. The molecule has 0 bridgehead atoms. The van der Waals surface area contributed by atoms with Crippen molar-refractivity contribution in [2.24, 2.45) is 0 Å². The highest BCUT2D eigenvalue weighted by Gasteiger charge is 2.18. The Bertz CT molecular complexity index is 623. The first-order valence-corrected chi connectivity index (χ1v) is 7.59. The number of carbonyl (C=O) groups excluding carboxylic acids is 2. The van der Waals surface area contributed by atoms with Gasteiger partial charge in [-0.05, 0) is 38.1 Å². The first-order chi connectivity index (χ1) is 11.0. The van der Waals surface area contributed by atoms with Crippen molar-refractivity contribution in [1.82, 2.24) is 10.2 Å². The monoisotopic (exact) mass is 314 g/mol. The molecule has 1 aromatic carbocycles. The van der Waals surface area contributed by atoms with Crippen molar-refractivity contribution in [3.8, 4) is 0 Å². The van der Waals surface area contributed by atoms with E-state index in [-0.39, 0.29) is 18.2 Å². The molecular formula is C18H22N2O3. The van der Waals surface area contributed by atoms with Gasteiger partial charge >= 0.3 is 0 Å². The molecule has 2 aromatic rings. The van der Waals surface area contributed by atoms with Crippen molar-refractivity contribution in [3.63, 3.8) is 0 Å². The van der Waals surface area contributed by atoms with Gasteiger partial charge in [0.1, 0.15) is 5.76 Å². The largest absolute Gasteiger partial charge is 0.468 e. The molecule has 0 saturated carbocycles. The van der Waals surface area contributed by atoms with Gasteiger partial charge in [-0.3, -0.25) is 14.5 Å². The number of nitrogens with one attached hydrogen (secondary N) is 1. The van der Waals surface area contributed by atoms with E-state index in [0.29, 0.717) is 13.0 Å². The number of hydrogen-bond acceptors (Lipinski definition) is 4. The molecule has 0 aliphatic rings. The molecule has 2 rings (SSSR count). The first-order valence-electron chi connectivity index (χ1n) is 7.59. The number of amides is 1. The van der Waals surface area contributed by atoms with Crippen LogP contribution in [0.5, 0.6) is 0 Å². The minimum atomic E-state index is -0.498. The van der Waals surface area contributed by atoms with Crippen molar-refractivity contribution in [2.75, 3.05) is 13.6 Å². The van der Waals surface area contributed by atoms with E-state index in [2.05, 4.69) is 5.32 Å². The van der Waals surface area contributed by atoms with E-state index in [1.165, 1.54) is 6.92 Å². The summed E-state index contributed by atoms with van der Waals surface area (Å²) >= 11 is 0. The van der Waals surface area contributed by atoms with Crippen molar-refractivity contribution >= 4 is 11.7 Å². The van der Waals surface area contributed by atoms with E-state index in [1.54, 1.807) is 6.26 Å². The second kappa shape index (κ2) is 8.29. The van der Waals surface area contributed by atoms with Crippen LogP contribution >= 0.6 is 0 Å². The molecule has 0 unspecified atom stereocenters. The number of carbonyl (C=O) groups is 2. The van der Waals surface area contributed by atoms with Gasteiger partial charge in [0.25, 0.3) is 0 Å². The van der Waals surface area contributed by atoms with Crippen LogP contribution in [0.4, 0.5) is 0 Å². The maximum atomic E-state index is 12.2. The standard InChI is InChI=1S/C18H22N2O3/c1-14(21)17(11-15-7-4-3-5-8-15)19-18(22)13-20(2)12-16-9-6-10-23-16/h3-10,17H,11-13H2,1-2H3,(H,19,22)/t17-/m0/s1. The Kier molecular flexibility index (Phi) is 6.11. The van der Waals surface area contributed by atoms with Gasteiger partial charge in [-0.25, -0.2) is 0 Å². The van der Waals surface area contributed by atoms with E-state index in [1.807, 2.05) is 54.4 Å². The molecule has 1 atom stereocenters. The predicted molar refractivity (Wildman–Crippen MR) is 87.8 cm³/mol. The van der Waals surface area contributed by atoms with Crippen LogP contribution in [0.1, 0.15) is 18.2 Å². The SMILES string of the molecule is CC(=O)[C@H](Cc1ccccc1)NC(=O)CN(C)Cc1ccco1.